The Hall–Kier alpha value is -0.270. The molecule has 1 rings (SSSR count). The lowest BCUT2D eigenvalue weighted by molar-refractivity contribution is 0.624. The fourth-order valence-electron chi connectivity index (χ4n) is 0.911. The lowest BCUT2D eigenvalue weighted by Crippen LogP contribution is -1.96. The highest BCUT2D eigenvalue weighted by atomic mass is 35.5. The highest BCUT2D eigenvalue weighted by molar-refractivity contribution is 6.31. The van der Waals surface area contributed by atoms with E-state index in [1.807, 2.05) is 0 Å². The summed E-state index contributed by atoms with van der Waals surface area (Å²) >= 11 is 11.4. The molecule has 1 unspecified atom stereocenters. The van der Waals surface area contributed by atoms with Gasteiger partial charge in [0.25, 0.3) is 0 Å². The molecule has 0 aliphatic heterocycles. The van der Waals surface area contributed by atoms with Gasteiger partial charge in [-0.25, -0.2) is 4.39 Å². The highest BCUT2D eigenvalue weighted by Gasteiger charge is 2.09. The number of halogens is 3. The summed E-state index contributed by atoms with van der Waals surface area (Å²) in [5, 5.41) is 0.511. The van der Waals surface area contributed by atoms with E-state index in [0.717, 1.165) is 0 Å². The third-order valence-electron chi connectivity index (χ3n) is 1.58. The summed E-state index contributed by atoms with van der Waals surface area (Å²) in [4.78, 5) is 0. The molecule has 65 valence electrons. The van der Waals surface area contributed by atoms with E-state index in [0.29, 0.717) is 16.5 Å². The molecule has 0 spiro atoms. The molecule has 0 saturated heterocycles. The number of alkyl halides is 1. The van der Waals surface area contributed by atoms with Gasteiger partial charge in [0.05, 0.1) is 0 Å². The summed E-state index contributed by atoms with van der Waals surface area (Å²) in [5.41, 5.74) is 0.659. The first kappa shape index (κ1) is 9.82. The molecule has 3 heteroatoms. The van der Waals surface area contributed by atoms with Crippen molar-refractivity contribution in [3.05, 3.63) is 41.5 Å². The van der Waals surface area contributed by atoms with Crippen molar-refractivity contribution in [3.63, 3.8) is 0 Å². The predicted molar refractivity (Wildman–Crippen MR) is 50.2 cm³/mol. The number of hydrogen-bond donors (Lipinski definition) is 0. The first-order chi connectivity index (χ1) is 5.65. The summed E-state index contributed by atoms with van der Waals surface area (Å²) in [6.45, 7) is 3.75. The second kappa shape index (κ2) is 4.11. The molecule has 0 bridgehead atoms. The second-order valence-electron chi connectivity index (χ2n) is 2.52. The van der Waals surface area contributed by atoms with Crippen LogP contribution < -0.4 is 0 Å². The molecule has 0 N–H and O–H groups in total. The predicted octanol–water partition coefficient (Wildman–Crippen LogP) is 3.64. The first-order valence-electron chi connectivity index (χ1n) is 3.49. The molecule has 1 aromatic carbocycles. The van der Waals surface area contributed by atoms with Crippen LogP contribution in [0.15, 0.2) is 18.2 Å². The van der Waals surface area contributed by atoms with Crippen LogP contribution in [0.2, 0.25) is 5.02 Å². The average Bonchev–Trinajstić information content (AvgIpc) is 2.08. The third-order valence-corrected chi connectivity index (χ3v) is 2.30. The van der Waals surface area contributed by atoms with E-state index in [1.165, 1.54) is 18.2 Å². The van der Waals surface area contributed by atoms with E-state index in [-0.39, 0.29) is 11.7 Å². The van der Waals surface area contributed by atoms with Gasteiger partial charge in [0.1, 0.15) is 5.82 Å². The maximum absolute atomic E-state index is 12.7. The molecule has 1 atom stereocenters. The fraction of sp³-hybridized carbons (Fsp3) is 0.222. The molecular formula is C9H8Cl2F. The van der Waals surface area contributed by atoms with Crippen molar-refractivity contribution < 1.29 is 4.39 Å². The van der Waals surface area contributed by atoms with Crippen LogP contribution in [0, 0.1) is 12.7 Å². The van der Waals surface area contributed by atoms with E-state index in [2.05, 4.69) is 6.92 Å². The van der Waals surface area contributed by atoms with E-state index in [4.69, 9.17) is 23.2 Å². The van der Waals surface area contributed by atoms with Crippen LogP contribution in [-0.4, -0.2) is 5.88 Å². The average molecular weight is 206 g/mol. The SMILES string of the molecule is [CH2]C(CCl)c1cc(F)ccc1Cl. The van der Waals surface area contributed by atoms with Crippen molar-refractivity contribution in [2.45, 2.75) is 5.92 Å². The second-order valence-corrected chi connectivity index (χ2v) is 3.23. The summed E-state index contributed by atoms with van der Waals surface area (Å²) in [5.74, 6) is -0.133. The molecule has 0 saturated carbocycles. The Labute approximate surface area is 81.3 Å². The van der Waals surface area contributed by atoms with Gasteiger partial charge in [0.15, 0.2) is 0 Å². The summed E-state index contributed by atoms with van der Waals surface area (Å²) in [7, 11) is 0. The van der Waals surface area contributed by atoms with E-state index >= 15 is 0 Å². The Morgan fingerprint density at radius 1 is 1.50 bits per heavy atom. The maximum atomic E-state index is 12.7. The molecule has 1 aromatic rings. The van der Waals surface area contributed by atoms with Gasteiger partial charge in [-0.1, -0.05) is 11.6 Å². The lowest BCUT2D eigenvalue weighted by atomic mass is 10.0. The molecular weight excluding hydrogens is 198 g/mol. The molecule has 0 fully saturated rings. The van der Waals surface area contributed by atoms with Gasteiger partial charge in [-0.2, -0.15) is 0 Å². The van der Waals surface area contributed by atoms with Crippen molar-refractivity contribution in [2.24, 2.45) is 0 Å². The molecule has 0 aliphatic rings. The number of benzene rings is 1. The Bertz CT molecular complexity index is 273. The topological polar surface area (TPSA) is 0 Å². The van der Waals surface area contributed by atoms with Crippen LogP contribution in [0.25, 0.3) is 0 Å². The molecule has 1 radical (unpaired) electrons. The van der Waals surface area contributed by atoms with Crippen molar-refractivity contribution in [1.82, 2.24) is 0 Å². The Balaban J connectivity index is 3.04. The van der Waals surface area contributed by atoms with Crippen molar-refractivity contribution in [1.29, 1.82) is 0 Å². The third kappa shape index (κ3) is 2.11. The van der Waals surface area contributed by atoms with Gasteiger partial charge in [0, 0.05) is 10.9 Å². The smallest absolute Gasteiger partial charge is 0.123 e. The van der Waals surface area contributed by atoms with Gasteiger partial charge in [-0.05, 0) is 36.6 Å². The van der Waals surface area contributed by atoms with Crippen LogP contribution in [0.1, 0.15) is 11.5 Å². The monoisotopic (exact) mass is 205 g/mol. The van der Waals surface area contributed by atoms with Crippen LogP contribution in [0.4, 0.5) is 4.39 Å². The Morgan fingerprint density at radius 2 is 2.17 bits per heavy atom. The highest BCUT2D eigenvalue weighted by Crippen LogP contribution is 2.25. The molecule has 0 nitrogen and oxygen atoms in total. The van der Waals surface area contributed by atoms with Crippen LogP contribution >= 0.6 is 23.2 Å². The zero-order chi connectivity index (χ0) is 9.14. The number of rotatable bonds is 2. The molecule has 0 aromatic heterocycles. The molecule has 12 heavy (non-hydrogen) atoms. The Morgan fingerprint density at radius 3 is 2.75 bits per heavy atom. The molecule has 0 heterocycles. The van der Waals surface area contributed by atoms with Crippen molar-refractivity contribution >= 4 is 23.2 Å². The van der Waals surface area contributed by atoms with E-state index < -0.39 is 0 Å². The van der Waals surface area contributed by atoms with Crippen molar-refractivity contribution in [3.8, 4) is 0 Å². The summed E-state index contributed by atoms with van der Waals surface area (Å²) < 4.78 is 12.7. The van der Waals surface area contributed by atoms with Gasteiger partial charge in [0.2, 0.25) is 0 Å². The lowest BCUT2D eigenvalue weighted by Gasteiger charge is -2.09. The van der Waals surface area contributed by atoms with Gasteiger partial charge >= 0.3 is 0 Å². The largest absolute Gasteiger partial charge is 0.207 e. The normalized spacial score (nSPS) is 13.0. The van der Waals surface area contributed by atoms with Gasteiger partial charge in [-0.15, -0.1) is 11.6 Å². The minimum Gasteiger partial charge on any atom is -0.207 e. The Kier molecular flexibility index (Phi) is 3.36. The first-order valence-corrected chi connectivity index (χ1v) is 4.40. The molecule has 0 aliphatic carbocycles. The van der Waals surface area contributed by atoms with Gasteiger partial charge in [-0.3, -0.25) is 0 Å². The van der Waals surface area contributed by atoms with Gasteiger partial charge < -0.3 is 0 Å². The minimum atomic E-state index is -0.312. The summed E-state index contributed by atoms with van der Waals surface area (Å²) in [6, 6.07) is 4.19. The quantitative estimate of drug-likeness (QED) is 0.648. The van der Waals surface area contributed by atoms with Crippen molar-refractivity contribution in [2.75, 3.05) is 5.88 Å². The zero-order valence-electron chi connectivity index (χ0n) is 6.36. The standard InChI is InChI=1S/C9H8Cl2F/c1-6(5-10)8-4-7(12)2-3-9(8)11/h2-4,6H,1,5H2. The van der Waals surface area contributed by atoms with Crippen LogP contribution in [0.5, 0.6) is 0 Å². The van der Waals surface area contributed by atoms with E-state index in [1.54, 1.807) is 0 Å². The zero-order valence-corrected chi connectivity index (χ0v) is 7.87. The maximum Gasteiger partial charge on any atom is 0.123 e. The van der Waals surface area contributed by atoms with Crippen LogP contribution in [-0.2, 0) is 0 Å². The molecule has 0 amide bonds. The minimum absolute atomic E-state index is 0.158. The van der Waals surface area contributed by atoms with E-state index in [9.17, 15) is 4.39 Å². The fourth-order valence-corrected chi connectivity index (χ4v) is 1.35. The van der Waals surface area contributed by atoms with Crippen LogP contribution in [0.3, 0.4) is 0 Å². The summed E-state index contributed by atoms with van der Waals surface area (Å²) in [6.07, 6.45) is 0. The number of hydrogen-bond acceptors (Lipinski definition) is 0.